The number of fused-ring (bicyclic) bond motifs is 1. The maximum atomic E-state index is 13.2. The van der Waals surface area contributed by atoms with Crippen LogP contribution < -0.4 is 5.32 Å². The van der Waals surface area contributed by atoms with Gasteiger partial charge in [0.2, 0.25) is 0 Å². The molecule has 1 fully saturated rings. The largest absolute Gasteiger partial charge is 0.448 e. The van der Waals surface area contributed by atoms with Crippen molar-refractivity contribution in [3.8, 4) is 0 Å². The third-order valence-corrected chi connectivity index (χ3v) is 6.78. The van der Waals surface area contributed by atoms with Crippen molar-refractivity contribution < 1.29 is 27.1 Å². The minimum atomic E-state index is -3.10. The highest BCUT2D eigenvalue weighted by molar-refractivity contribution is 7.91. The van der Waals surface area contributed by atoms with E-state index in [0.29, 0.717) is 11.8 Å². The van der Waals surface area contributed by atoms with Gasteiger partial charge in [-0.25, -0.2) is 17.6 Å². The Bertz CT molecular complexity index is 937. The molecule has 2 atom stereocenters. The molecule has 0 bridgehead atoms. The van der Waals surface area contributed by atoms with Crippen molar-refractivity contribution in [2.24, 2.45) is 0 Å². The smallest absolute Gasteiger partial charge is 0.349 e. The summed E-state index contributed by atoms with van der Waals surface area (Å²) in [4.78, 5) is 24.5. The molecule has 1 saturated heterocycles. The number of ether oxygens (including phenoxy) is 1. The molecule has 0 aliphatic carbocycles. The lowest BCUT2D eigenvalue weighted by atomic mass is 10.2. The molecular weight excluding hydrogens is 369 g/mol. The van der Waals surface area contributed by atoms with Gasteiger partial charge >= 0.3 is 5.97 Å². The summed E-state index contributed by atoms with van der Waals surface area (Å²) < 4.78 is 41.9. The van der Waals surface area contributed by atoms with Gasteiger partial charge in [-0.3, -0.25) is 4.79 Å². The normalized spacial score (nSPS) is 20.3. The molecule has 1 aliphatic heterocycles. The number of rotatable bonds is 4. The molecule has 134 valence electrons. The van der Waals surface area contributed by atoms with Crippen molar-refractivity contribution in [2.75, 3.05) is 11.5 Å². The first-order chi connectivity index (χ1) is 11.7. The quantitative estimate of drug-likeness (QED) is 0.812. The number of sulfone groups is 1. The first kappa shape index (κ1) is 17.8. The molecule has 9 heteroatoms. The van der Waals surface area contributed by atoms with Gasteiger partial charge in [-0.15, -0.1) is 11.3 Å². The third kappa shape index (κ3) is 4.16. The maximum absolute atomic E-state index is 13.2. The van der Waals surface area contributed by atoms with Crippen LogP contribution in [-0.2, 0) is 19.4 Å². The van der Waals surface area contributed by atoms with E-state index in [4.69, 9.17) is 4.74 Å². The highest BCUT2D eigenvalue weighted by Crippen LogP contribution is 2.27. The molecule has 6 nitrogen and oxygen atoms in total. The van der Waals surface area contributed by atoms with E-state index in [-0.39, 0.29) is 16.4 Å². The maximum Gasteiger partial charge on any atom is 0.349 e. The summed E-state index contributed by atoms with van der Waals surface area (Å²) in [6.07, 6.45) is -0.700. The Hall–Kier alpha value is -2.00. The number of hydrogen-bond acceptors (Lipinski definition) is 6. The first-order valence-corrected chi connectivity index (χ1v) is 10.3. The summed E-state index contributed by atoms with van der Waals surface area (Å²) in [5.41, 5.74) is 0. The minimum absolute atomic E-state index is 0.0461. The fourth-order valence-corrected chi connectivity index (χ4v) is 5.21. The summed E-state index contributed by atoms with van der Waals surface area (Å²) in [5.74, 6) is -1.67. The summed E-state index contributed by atoms with van der Waals surface area (Å²) >= 11 is 1.15. The first-order valence-electron chi connectivity index (χ1n) is 7.64. The average Bonchev–Trinajstić information content (AvgIpc) is 3.09. The van der Waals surface area contributed by atoms with Crippen LogP contribution in [0.2, 0.25) is 0 Å². The fraction of sp³-hybridized carbons (Fsp3) is 0.375. The van der Waals surface area contributed by atoms with Crippen molar-refractivity contribution in [1.29, 1.82) is 0 Å². The Morgan fingerprint density at radius 1 is 1.36 bits per heavy atom. The summed E-state index contributed by atoms with van der Waals surface area (Å²) in [6.45, 7) is 1.42. The number of carbonyl (C=O) groups is 2. The van der Waals surface area contributed by atoms with E-state index in [2.05, 4.69) is 5.32 Å². The molecule has 1 N–H and O–H groups in total. The van der Waals surface area contributed by atoms with Gasteiger partial charge in [0.25, 0.3) is 5.91 Å². The summed E-state index contributed by atoms with van der Waals surface area (Å²) in [5, 5.41) is 3.17. The lowest BCUT2D eigenvalue weighted by Gasteiger charge is -2.16. The van der Waals surface area contributed by atoms with Crippen LogP contribution in [-0.4, -0.2) is 43.9 Å². The van der Waals surface area contributed by atoms with Crippen LogP contribution in [0, 0.1) is 5.82 Å². The zero-order valence-corrected chi connectivity index (χ0v) is 15.0. The van der Waals surface area contributed by atoms with Gasteiger partial charge < -0.3 is 10.1 Å². The molecule has 1 aliphatic rings. The van der Waals surface area contributed by atoms with E-state index in [1.54, 1.807) is 6.07 Å². The van der Waals surface area contributed by atoms with Gasteiger partial charge in [-0.2, -0.15) is 0 Å². The van der Waals surface area contributed by atoms with Gasteiger partial charge in [-0.05, 0) is 43.0 Å². The van der Waals surface area contributed by atoms with Crippen LogP contribution in [0.1, 0.15) is 23.0 Å². The Morgan fingerprint density at radius 2 is 2.12 bits per heavy atom. The van der Waals surface area contributed by atoms with Gasteiger partial charge in [0.15, 0.2) is 15.9 Å². The monoisotopic (exact) mass is 385 g/mol. The van der Waals surface area contributed by atoms with E-state index in [1.165, 1.54) is 25.1 Å². The zero-order chi connectivity index (χ0) is 18.2. The van der Waals surface area contributed by atoms with E-state index in [1.807, 2.05) is 0 Å². The number of esters is 1. The lowest BCUT2D eigenvalue weighted by molar-refractivity contribution is -0.129. The van der Waals surface area contributed by atoms with Crippen LogP contribution >= 0.6 is 11.3 Å². The number of halogens is 1. The van der Waals surface area contributed by atoms with Crippen molar-refractivity contribution in [3.05, 3.63) is 35.0 Å². The zero-order valence-electron chi connectivity index (χ0n) is 13.3. The Balaban J connectivity index is 1.62. The third-order valence-electron chi connectivity index (χ3n) is 3.91. The second kappa shape index (κ2) is 6.72. The minimum Gasteiger partial charge on any atom is -0.448 e. The molecule has 0 radical (unpaired) electrons. The molecule has 2 aromatic rings. The number of hydrogen-bond donors (Lipinski definition) is 1. The molecule has 0 unspecified atom stereocenters. The van der Waals surface area contributed by atoms with Crippen LogP contribution in [0.4, 0.5) is 4.39 Å². The van der Waals surface area contributed by atoms with E-state index in [0.717, 1.165) is 16.0 Å². The van der Waals surface area contributed by atoms with E-state index in [9.17, 15) is 22.4 Å². The Labute approximate surface area is 147 Å². The number of thiophene rings is 1. The molecule has 2 heterocycles. The molecule has 1 aromatic heterocycles. The predicted octanol–water partition coefficient (Wildman–Crippen LogP) is 1.89. The van der Waals surface area contributed by atoms with Crippen LogP contribution in [0.25, 0.3) is 10.1 Å². The highest BCUT2D eigenvalue weighted by atomic mass is 32.2. The number of carbonyl (C=O) groups excluding carboxylic acids is 2. The topological polar surface area (TPSA) is 89.5 Å². The van der Waals surface area contributed by atoms with Crippen LogP contribution in [0.15, 0.2) is 24.3 Å². The summed E-state index contributed by atoms with van der Waals surface area (Å²) in [6, 6.07) is 5.26. The summed E-state index contributed by atoms with van der Waals surface area (Å²) in [7, 11) is -3.10. The molecule has 1 amide bonds. The molecule has 1 aromatic carbocycles. The average molecular weight is 385 g/mol. The van der Waals surface area contributed by atoms with E-state index < -0.39 is 39.7 Å². The number of amides is 1. The van der Waals surface area contributed by atoms with Crippen LogP contribution in [0.5, 0.6) is 0 Å². The van der Waals surface area contributed by atoms with Crippen molar-refractivity contribution in [1.82, 2.24) is 5.32 Å². The predicted molar refractivity (Wildman–Crippen MR) is 91.9 cm³/mol. The van der Waals surface area contributed by atoms with Gasteiger partial charge in [0.05, 0.1) is 11.5 Å². The SMILES string of the molecule is C[C@H](OC(=O)c1cc2cc(F)ccc2s1)C(=O)N[C@H]1CCS(=O)(=O)C1. The molecule has 0 spiro atoms. The van der Waals surface area contributed by atoms with Gasteiger partial charge in [0.1, 0.15) is 10.7 Å². The molecule has 25 heavy (non-hydrogen) atoms. The molecule has 0 saturated carbocycles. The van der Waals surface area contributed by atoms with Gasteiger partial charge in [-0.1, -0.05) is 0 Å². The Morgan fingerprint density at radius 3 is 2.80 bits per heavy atom. The fourth-order valence-electron chi connectivity index (χ4n) is 2.61. The van der Waals surface area contributed by atoms with Crippen molar-refractivity contribution in [3.63, 3.8) is 0 Å². The molecule has 3 rings (SSSR count). The van der Waals surface area contributed by atoms with Crippen molar-refractivity contribution in [2.45, 2.75) is 25.5 Å². The second-order valence-electron chi connectivity index (χ2n) is 5.95. The number of benzene rings is 1. The van der Waals surface area contributed by atoms with E-state index >= 15 is 0 Å². The second-order valence-corrected chi connectivity index (χ2v) is 9.26. The van der Waals surface area contributed by atoms with Gasteiger partial charge in [0, 0.05) is 10.7 Å². The lowest BCUT2D eigenvalue weighted by Crippen LogP contribution is -2.42. The highest BCUT2D eigenvalue weighted by Gasteiger charge is 2.31. The van der Waals surface area contributed by atoms with Crippen LogP contribution in [0.3, 0.4) is 0 Å². The molecular formula is C16H16FNO5S2. The Kier molecular flexibility index (Phi) is 4.79. The standard InChI is InChI=1S/C16H16FNO5S2/c1-9(15(19)18-12-4-5-25(21,22)8-12)23-16(20)14-7-10-6-11(17)2-3-13(10)24-14/h2-3,6-7,9,12H,4-5,8H2,1H3,(H,18,19)/t9-,12-/m0/s1. The van der Waals surface area contributed by atoms with Crippen molar-refractivity contribution >= 4 is 43.1 Å². The number of nitrogens with one attached hydrogen (secondary N) is 1.